The Morgan fingerprint density at radius 3 is 3.06 bits per heavy atom. The number of rotatable bonds is 7. The first-order chi connectivity index (χ1) is 8.22. The number of halogens is 1. The highest BCUT2D eigenvalue weighted by Crippen LogP contribution is 2.16. The second-order valence-corrected chi connectivity index (χ2v) is 4.02. The third-order valence-corrected chi connectivity index (χ3v) is 2.30. The average Bonchev–Trinajstić information content (AvgIpc) is 2.32. The summed E-state index contributed by atoms with van der Waals surface area (Å²) >= 11 is 5.80. The van der Waals surface area contributed by atoms with Crippen LogP contribution >= 0.6 is 11.6 Å². The van der Waals surface area contributed by atoms with Crippen molar-refractivity contribution in [2.24, 2.45) is 0 Å². The quantitative estimate of drug-likeness (QED) is 0.574. The summed E-state index contributed by atoms with van der Waals surface area (Å²) in [5.41, 5.74) is 0. The van der Waals surface area contributed by atoms with Gasteiger partial charge in [-0.25, -0.2) is 0 Å². The Labute approximate surface area is 107 Å². The predicted octanol–water partition coefficient (Wildman–Crippen LogP) is 1.69. The Balaban J connectivity index is 2.19. The number of aliphatic hydroxyl groups excluding tert-OH is 1. The van der Waals surface area contributed by atoms with Crippen LogP contribution < -0.4 is 10.1 Å². The van der Waals surface area contributed by atoms with E-state index in [1.807, 2.05) is 0 Å². The molecule has 0 bridgehead atoms. The largest absolute Gasteiger partial charge is 0.491 e. The van der Waals surface area contributed by atoms with Crippen molar-refractivity contribution in [3.05, 3.63) is 29.3 Å². The third kappa shape index (κ3) is 6.18. The van der Waals surface area contributed by atoms with Gasteiger partial charge < -0.3 is 15.2 Å². The maximum absolute atomic E-state index is 9.61. The Morgan fingerprint density at radius 2 is 2.35 bits per heavy atom. The molecule has 0 amide bonds. The van der Waals surface area contributed by atoms with Gasteiger partial charge in [-0.05, 0) is 18.2 Å². The normalized spacial score (nSPS) is 11.8. The fourth-order valence-corrected chi connectivity index (χ4v) is 1.42. The molecule has 4 heteroatoms. The molecule has 1 unspecified atom stereocenters. The number of nitrogens with one attached hydrogen (secondary N) is 1. The standard InChI is InChI=1S/C13H16ClNO2/c1-2-3-7-15-9-12(16)10-17-13-6-4-5-11(14)8-13/h1,4-6,8,12,15-16H,3,7,9-10H2. The molecule has 0 saturated carbocycles. The van der Waals surface area contributed by atoms with Crippen LogP contribution in [0, 0.1) is 12.3 Å². The molecule has 0 spiro atoms. The lowest BCUT2D eigenvalue weighted by Crippen LogP contribution is -2.31. The van der Waals surface area contributed by atoms with E-state index in [1.165, 1.54) is 0 Å². The van der Waals surface area contributed by atoms with E-state index in [0.29, 0.717) is 30.3 Å². The van der Waals surface area contributed by atoms with Gasteiger partial charge >= 0.3 is 0 Å². The molecule has 0 aliphatic rings. The highest BCUT2D eigenvalue weighted by atomic mass is 35.5. The summed E-state index contributed by atoms with van der Waals surface area (Å²) in [6.07, 6.45) is 5.20. The minimum absolute atomic E-state index is 0.226. The Bertz CT molecular complexity index is 376. The van der Waals surface area contributed by atoms with E-state index >= 15 is 0 Å². The van der Waals surface area contributed by atoms with E-state index in [0.717, 1.165) is 0 Å². The molecule has 0 saturated heterocycles. The van der Waals surface area contributed by atoms with Crippen molar-refractivity contribution < 1.29 is 9.84 Å². The van der Waals surface area contributed by atoms with Gasteiger partial charge in [-0.15, -0.1) is 12.3 Å². The summed E-state index contributed by atoms with van der Waals surface area (Å²) in [6, 6.07) is 7.08. The topological polar surface area (TPSA) is 41.5 Å². The van der Waals surface area contributed by atoms with Gasteiger partial charge in [0, 0.05) is 24.5 Å². The molecular weight excluding hydrogens is 238 g/mol. The Kier molecular flexibility index (Phi) is 6.49. The second-order valence-electron chi connectivity index (χ2n) is 3.58. The average molecular weight is 254 g/mol. The molecule has 2 N–H and O–H groups in total. The van der Waals surface area contributed by atoms with E-state index in [4.69, 9.17) is 22.8 Å². The van der Waals surface area contributed by atoms with Gasteiger partial charge in [0.15, 0.2) is 0 Å². The fourth-order valence-electron chi connectivity index (χ4n) is 1.24. The monoisotopic (exact) mass is 253 g/mol. The number of hydrogen-bond donors (Lipinski definition) is 2. The van der Waals surface area contributed by atoms with Crippen molar-refractivity contribution in [2.75, 3.05) is 19.7 Å². The molecule has 0 aliphatic carbocycles. The van der Waals surface area contributed by atoms with Gasteiger partial charge in [0.05, 0.1) is 0 Å². The lowest BCUT2D eigenvalue weighted by Gasteiger charge is -2.12. The molecule has 92 valence electrons. The molecule has 1 rings (SSSR count). The summed E-state index contributed by atoms with van der Waals surface area (Å²) in [6.45, 7) is 1.39. The van der Waals surface area contributed by atoms with Gasteiger partial charge in [-0.3, -0.25) is 0 Å². The first kappa shape index (κ1) is 13.9. The SMILES string of the molecule is C#CCCNCC(O)COc1cccc(Cl)c1. The van der Waals surface area contributed by atoms with Crippen LogP contribution in [0.1, 0.15) is 6.42 Å². The molecular formula is C13H16ClNO2. The lowest BCUT2D eigenvalue weighted by atomic mass is 10.3. The Hall–Kier alpha value is -1.21. The smallest absolute Gasteiger partial charge is 0.120 e. The lowest BCUT2D eigenvalue weighted by molar-refractivity contribution is 0.107. The molecule has 3 nitrogen and oxygen atoms in total. The maximum Gasteiger partial charge on any atom is 0.120 e. The Morgan fingerprint density at radius 1 is 1.53 bits per heavy atom. The number of terminal acetylenes is 1. The van der Waals surface area contributed by atoms with Crippen molar-refractivity contribution in [1.29, 1.82) is 0 Å². The molecule has 1 aromatic rings. The zero-order chi connectivity index (χ0) is 12.5. The maximum atomic E-state index is 9.61. The first-order valence-electron chi connectivity index (χ1n) is 5.43. The summed E-state index contributed by atoms with van der Waals surface area (Å²) in [5, 5.41) is 13.3. The van der Waals surface area contributed by atoms with Crippen LogP contribution in [0.2, 0.25) is 5.02 Å². The van der Waals surface area contributed by atoms with Crippen LogP contribution in [0.15, 0.2) is 24.3 Å². The van der Waals surface area contributed by atoms with Gasteiger partial charge in [-0.2, -0.15) is 0 Å². The van der Waals surface area contributed by atoms with Crippen LogP contribution in [0.4, 0.5) is 0 Å². The molecule has 0 radical (unpaired) electrons. The minimum atomic E-state index is -0.563. The fraction of sp³-hybridized carbons (Fsp3) is 0.385. The van der Waals surface area contributed by atoms with E-state index in [1.54, 1.807) is 24.3 Å². The van der Waals surface area contributed by atoms with Crippen LogP contribution in [-0.4, -0.2) is 30.9 Å². The molecule has 0 fully saturated rings. The summed E-state index contributed by atoms with van der Waals surface area (Å²) in [5.74, 6) is 3.17. The first-order valence-corrected chi connectivity index (χ1v) is 5.81. The van der Waals surface area contributed by atoms with Crippen molar-refractivity contribution in [1.82, 2.24) is 5.32 Å². The van der Waals surface area contributed by atoms with Crippen molar-refractivity contribution >= 4 is 11.6 Å². The highest BCUT2D eigenvalue weighted by Gasteiger charge is 2.04. The van der Waals surface area contributed by atoms with Crippen LogP contribution in [-0.2, 0) is 0 Å². The summed E-state index contributed by atoms with van der Waals surface area (Å²) < 4.78 is 5.39. The molecule has 0 aromatic heterocycles. The summed E-state index contributed by atoms with van der Waals surface area (Å²) in [7, 11) is 0. The van der Waals surface area contributed by atoms with Crippen molar-refractivity contribution in [3.8, 4) is 18.1 Å². The van der Waals surface area contributed by atoms with Gasteiger partial charge in [0.2, 0.25) is 0 Å². The second kappa shape index (κ2) is 7.97. The number of hydrogen-bond acceptors (Lipinski definition) is 3. The van der Waals surface area contributed by atoms with Gasteiger partial charge in [-0.1, -0.05) is 17.7 Å². The van der Waals surface area contributed by atoms with E-state index in [2.05, 4.69) is 11.2 Å². The predicted molar refractivity (Wildman–Crippen MR) is 69.3 cm³/mol. The van der Waals surface area contributed by atoms with E-state index in [9.17, 15) is 5.11 Å². The molecule has 0 heterocycles. The zero-order valence-electron chi connectivity index (χ0n) is 9.53. The number of ether oxygens (including phenoxy) is 1. The summed E-state index contributed by atoms with van der Waals surface area (Å²) in [4.78, 5) is 0. The van der Waals surface area contributed by atoms with E-state index < -0.39 is 6.10 Å². The highest BCUT2D eigenvalue weighted by molar-refractivity contribution is 6.30. The van der Waals surface area contributed by atoms with Crippen LogP contribution in [0.5, 0.6) is 5.75 Å². The van der Waals surface area contributed by atoms with Crippen molar-refractivity contribution in [3.63, 3.8) is 0 Å². The molecule has 17 heavy (non-hydrogen) atoms. The molecule has 1 atom stereocenters. The number of aliphatic hydroxyl groups is 1. The zero-order valence-corrected chi connectivity index (χ0v) is 10.3. The van der Waals surface area contributed by atoms with Gasteiger partial charge in [0.1, 0.15) is 18.5 Å². The van der Waals surface area contributed by atoms with E-state index in [-0.39, 0.29) is 6.61 Å². The third-order valence-electron chi connectivity index (χ3n) is 2.06. The van der Waals surface area contributed by atoms with Crippen LogP contribution in [0.25, 0.3) is 0 Å². The van der Waals surface area contributed by atoms with Crippen LogP contribution in [0.3, 0.4) is 0 Å². The number of benzene rings is 1. The molecule has 1 aromatic carbocycles. The van der Waals surface area contributed by atoms with Gasteiger partial charge in [0.25, 0.3) is 0 Å². The minimum Gasteiger partial charge on any atom is -0.491 e. The van der Waals surface area contributed by atoms with Crippen molar-refractivity contribution in [2.45, 2.75) is 12.5 Å². The molecule has 0 aliphatic heterocycles.